The summed E-state index contributed by atoms with van der Waals surface area (Å²) in [5.74, 6) is 1.12. The van der Waals surface area contributed by atoms with Gasteiger partial charge in [-0.05, 0) is 54.6 Å². The molecule has 0 atom stereocenters. The van der Waals surface area contributed by atoms with Gasteiger partial charge in [0.1, 0.15) is 0 Å². The van der Waals surface area contributed by atoms with Gasteiger partial charge in [-0.25, -0.2) is 4.98 Å². The highest BCUT2D eigenvalue weighted by Gasteiger charge is 2.24. The Morgan fingerprint density at radius 3 is 2.60 bits per heavy atom. The summed E-state index contributed by atoms with van der Waals surface area (Å²) in [5, 5.41) is 14.3. The lowest BCUT2D eigenvalue weighted by Crippen LogP contribution is -2.03. The number of aromatic amines is 2. The molecule has 7 nitrogen and oxygen atoms in total. The van der Waals surface area contributed by atoms with Gasteiger partial charge in [-0.3, -0.25) is 9.89 Å². The van der Waals surface area contributed by atoms with E-state index in [2.05, 4.69) is 30.8 Å². The van der Waals surface area contributed by atoms with Crippen LogP contribution in [0.2, 0.25) is 5.02 Å². The van der Waals surface area contributed by atoms with E-state index in [0.29, 0.717) is 22.2 Å². The zero-order valence-corrected chi connectivity index (χ0v) is 19.1. The third-order valence-corrected chi connectivity index (χ3v) is 5.95. The van der Waals surface area contributed by atoms with Crippen LogP contribution < -0.4 is 10.6 Å². The summed E-state index contributed by atoms with van der Waals surface area (Å²) in [6, 6.07) is 25.0. The summed E-state index contributed by atoms with van der Waals surface area (Å²) in [5.41, 5.74) is 6.65. The van der Waals surface area contributed by atoms with Gasteiger partial charge in [-0.1, -0.05) is 41.9 Å². The SMILES string of the molecule is O=C1Nc2cc(Nc3cccc(-c4nc(-c5cccc(Cl)c5)n[nH]4)c3)ccc2/C1=C/c1ccc[nH]1. The highest BCUT2D eigenvalue weighted by Crippen LogP contribution is 2.36. The fourth-order valence-corrected chi connectivity index (χ4v) is 4.25. The molecule has 1 aliphatic heterocycles. The van der Waals surface area contributed by atoms with E-state index in [1.54, 1.807) is 0 Å². The molecule has 0 radical (unpaired) electrons. The van der Waals surface area contributed by atoms with E-state index >= 15 is 0 Å². The number of hydrogen-bond donors (Lipinski definition) is 4. The molecule has 0 saturated heterocycles. The maximum atomic E-state index is 12.5. The number of amides is 1. The number of anilines is 3. The molecule has 0 saturated carbocycles. The Bertz CT molecular complexity index is 1590. The van der Waals surface area contributed by atoms with E-state index in [-0.39, 0.29) is 5.91 Å². The van der Waals surface area contributed by atoms with Crippen molar-refractivity contribution in [2.24, 2.45) is 0 Å². The first kappa shape index (κ1) is 20.9. The summed E-state index contributed by atoms with van der Waals surface area (Å²) in [6.07, 6.45) is 3.69. The monoisotopic (exact) mass is 478 g/mol. The largest absolute Gasteiger partial charge is 0.362 e. The number of carbonyl (C=O) groups excluding carboxylic acids is 1. The number of fused-ring (bicyclic) bond motifs is 1. The van der Waals surface area contributed by atoms with Gasteiger partial charge in [0.25, 0.3) is 5.91 Å². The molecule has 8 heteroatoms. The van der Waals surface area contributed by atoms with Crippen LogP contribution in [0.5, 0.6) is 0 Å². The third-order valence-electron chi connectivity index (χ3n) is 5.72. The van der Waals surface area contributed by atoms with Gasteiger partial charge in [-0.2, -0.15) is 5.10 Å². The minimum Gasteiger partial charge on any atom is -0.362 e. The normalized spacial score (nSPS) is 13.6. The maximum Gasteiger partial charge on any atom is 0.256 e. The Hall–Kier alpha value is -4.62. The van der Waals surface area contributed by atoms with Gasteiger partial charge in [0.15, 0.2) is 11.6 Å². The average molecular weight is 479 g/mol. The number of carbonyl (C=O) groups is 1. The summed E-state index contributed by atoms with van der Waals surface area (Å²) >= 11 is 6.10. The predicted molar refractivity (Wildman–Crippen MR) is 139 cm³/mol. The number of nitrogens with one attached hydrogen (secondary N) is 4. The van der Waals surface area contributed by atoms with Crippen molar-refractivity contribution < 1.29 is 4.79 Å². The summed E-state index contributed by atoms with van der Waals surface area (Å²) < 4.78 is 0. The van der Waals surface area contributed by atoms with Crippen molar-refractivity contribution in [3.05, 3.63) is 101 Å². The molecule has 3 aromatic carbocycles. The standard InChI is InChI=1S/C27H19ClN6O/c28-18-6-1-4-16(12-18)25-32-26(34-33-25)17-5-2-7-20(13-17)30-21-9-10-22-23(14-19-8-3-11-29-19)27(35)31-24(22)15-21/h1-15,29-30H,(H,31,35)(H,32,33,34)/b23-14-. The molecule has 35 heavy (non-hydrogen) atoms. The summed E-state index contributed by atoms with van der Waals surface area (Å²) in [4.78, 5) is 20.2. The van der Waals surface area contributed by atoms with Crippen molar-refractivity contribution in [2.75, 3.05) is 10.6 Å². The number of halogens is 1. The van der Waals surface area contributed by atoms with E-state index < -0.39 is 0 Å². The number of nitrogens with zero attached hydrogens (tertiary/aromatic N) is 2. The molecule has 0 bridgehead atoms. The molecule has 3 heterocycles. The van der Waals surface area contributed by atoms with Crippen LogP contribution in [0, 0.1) is 0 Å². The highest BCUT2D eigenvalue weighted by atomic mass is 35.5. The highest BCUT2D eigenvalue weighted by molar-refractivity contribution is 6.35. The Kier molecular flexibility index (Phi) is 5.16. The fourth-order valence-electron chi connectivity index (χ4n) is 4.06. The molecule has 2 aromatic heterocycles. The van der Waals surface area contributed by atoms with Crippen molar-refractivity contribution in [1.29, 1.82) is 0 Å². The zero-order valence-electron chi connectivity index (χ0n) is 18.3. The van der Waals surface area contributed by atoms with Crippen molar-refractivity contribution in [3.63, 3.8) is 0 Å². The second kappa shape index (κ2) is 8.62. The second-order valence-electron chi connectivity index (χ2n) is 8.12. The fraction of sp³-hybridized carbons (Fsp3) is 0. The Morgan fingerprint density at radius 1 is 0.886 bits per heavy atom. The van der Waals surface area contributed by atoms with E-state index in [1.807, 2.05) is 91.1 Å². The Morgan fingerprint density at radius 2 is 1.74 bits per heavy atom. The van der Waals surface area contributed by atoms with Gasteiger partial charge < -0.3 is 15.6 Å². The van der Waals surface area contributed by atoms with Crippen LogP contribution in [0.3, 0.4) is 0 Å². The van der Waals surface area contributed by atoms with Crippen LogP contribution in [0.1, 0.15) is 11.3 Å². The van der Waals surface area contributed by atoms with Gasteiger partial charge in [-0.15, -0.1) is 0 Å². The molecule has 4 N–H and O–H groups in total. The van der Waals surface area contributed by atoms with E-state index in [0.717, 1.165) is 39.4 Å². The molecule has 1 aliphatic rings. The smallest absolute Gasteiger partial charge is 0.256 e. The van der Waals surface area contributed by atoms with Crippen molar-refractivity contribution in [2.45, 2.75) is 0 Å². The molecular formula is C27H19ClN6O. The lowest BCUT2D eigenvalue weighted by molar-refractivity contribution is -0.110. The van der Waals surface area contributed by atoms with Crippen LogP contribution in [0.15, 0.2) is 85.1 Å². The number of hydrogen-bond acceptors (Lipinski definition) is 4. The molecule has 0 unspecified atom stereocenters. The van der Waals surface area contributed by atoms with E-state index in [1.165, 1.54) is 0 Å². The summed E-state index contributed by atoms with van der Waals surface area (Å²) in [6.45, 7) is 0. The summed E-state index contributed by atoms with van der Waals surface area (Å²) in [7, 11) is 0. The molecule has 1 amide bonds. The molecule has 0 spiro atoms. The van der Waals surface area contributed by atoms with Gasteiger partial charge in [0, 0.05) is 45.0 Å². The molecule has 0 fully saturated rings. The minimum absolute atomic E-state index is 0.116. The van der Waals surface area contributed by atoms with Crippen LogP contribution in [0.4, 0.5) is 17.1 Å². The number of aromatic nitrogens is 4. The third kappa shape index (κ3) is 4.20. The van der Waals surface area contributed by atoms with Gasteiger partial charge in [0.2, 0.25) is 0 Å². The average Bonchev–Trinajstić information content (AvgIpc) is 3.61. The molecular weight excluding hydrogens is 460 g/mol. The van der Waals surface area contributed by atoms with Crippen LogP contribution >= 0.6 is 11.6 Å². The van der Waals surface area contributed by atoms with E-state index in [4.69, 9.17) is 11.6 Å². The first-order valence-electron chi connectivity index (χ1n) is 11.0. The minimum atomic E-state index is -0.116. The number of H-pyrrole nitrogens is 2. The van der Waals surface area contributed by atoms with Crippen LogP contribution in [0.25, 0.3) is 34.4 Å². The zero-order chi connectivity index (χ0) is 23.8. The number of benzene rings is 3. The lowest BCUT2D eigenvalue weighted by atomic mass is 10.1. The first-order chi connectivity index (χ1) is 17.1. The Labute approximate surface area is 205 Å². The quantitative estimate of drug-likeness (QED) is 0.221. The van der Waals surface area contributed by atoms with Crippen molar-refractivity contribution in [3.8, 4) is 22.8 Å². The molecule has 5 aromatic rings. The van der Waals surface area contributed by atoms with E-state index in [9.17, 15) is 4.79 Å². The van der Waals surface area contributed by atoms with Crippen molar-refractivity contribution >= 4 is 46.2 Å². The van der Waals surface area contributed by atoms with Gasteiger partial charge >= 0.3 is 0 Å². The number of rotatable bonds is 5. The van der Waals surface area contributed by atoms with Gasteiger partial charge in [0.05, 0.1) is 11.3 Å². The first-order valence-corrected chi connectivity index (χ1v) is 11.4. The topological polar surface area (TPSA) is 98.5 Å². The molecule has 0 aliphatic carbocycles. The van der Waals surface area contributed by atoms with Crippen LogP contribution in [-0.2, 0) is 4.79 Å². The maximum absolute atomic E-state index is 12.5. The molecule has 6 rings (SSSR count). The van der Waals surface area contributed by atoms with Crippen LogP contribution in [-0.4, -0.2) is 26.1 Å². The predicted octanol–water partition coefficient (Wildman–Crippen LogP) is 6.36. The lowest BCUT2D eigenvalue weighted by Gasteiger charge is -2.09. The van der Waals surface area contributed by atoms with Crippen molar-refractivity contribution in [1.82, 2.24) is 20.2 Å². The second-order valence-corrected chi connectivity index (χ2v) is 8.56. The molecule has 170 valence electrons. The Balaban J connectivity index is 1.24.